The summed E-state index contributed by atoms with van der Waals surface area (Å²) in [6.45, 7) is 4.81. The van der Waals surface area contributed by atoms with Crippen molar-refractivity contribution in [2.75, 3.05) is 7.05 Å². The average Bonchev–Trinajstić information content (AvgIpc) is 2.87. The molecule has 1 saturated heterocycles. The first-order valence-electron chi connectivity index (χ1n) is 9.31. The van der Waals surface area contributed by atoms with Gasteiger partial charge in [0.2, 0.25) is 5.91 Å². The van der Waals surface area contributed by atoms with Gasteiger partial charge >= 0.3 is 0 Å². The Bertz CT molecular complexity index is 492. The van der Waals surface area contributed by atoms with Crippen LogP contribution >= 0.6 is 0 Å². The lowest BCUT2D eigenvalue weighted by Crippen LogP contribution is -2.66. The second kappa shape index (κ2) is 4.72. The quantitative estimate of drug-likeness (QED) is 0.746. The molecule has 3 nitrogen and oxygen atoms in total. The highest BCUT2D eigenvalue weighted by molar-refractivity contribution is 5.78. The molecule has 2 unspecified atom stereocenters. The maximum absolute atomic E-state index is 12.2. The van der Waals surface area contributed by atoms with E-state index in [0.29, 0.717) is 17.8 Å². The summed E-state index contributed by atoms with van der Waals surface area (Å²) in [7, 11) is 1.96. The highest BCUT2D eigenvalue weighted by Crippen LogP contribution is 2.64. The molecule has 0 aromatic heterocycles. The van der Waals surface area contributed by atoms with Crippen LogP contribution in [0.15, 0.2) is 0 Å². The van der Waals surface area contributed by atoms with Crippen molar-refractivity contribution < 1.29 is 9.90 Å². The van der Waals surface area contributed by atoms with Crippen LogP contribution in [0.5, 0.6) is 0 Å². The number of hydrogen-bond donors (Lipinski definition) is 1. The molecule has 1 aliphatic heterocycles. The minimum Gasteiger partial charge on any atom is -0.392 e. The molecule has 0 aromatic carbocycles. The number of fused-ring (bicyclic) bond motifs is 5. The van der Waals surface area contributed by atoms with Crippen molar-refractivity contribution >= 4 is 5.91 Å². The van der Waals surface area contributed by atoms with Crippen LogP contribution in [0.1, 0.15) is 65.2 Å². The Hall–Kier alpha value is -0.570. The number of amides is 1. The van der Waals surface area contributed by atoms with Crippen molar-refractivity contribution in [1.29, 1.82) is 0 Å². The van der Waals surface area contributed by atoms with Gasteiger partial charge in [-0.15, -0.1) is 0 Å². The molecule has 4 aliphatic rings. The zero-order valence-electron chi connectivity index (χ0n) is 14.3. The third-order valence-electron chi connectivity index (χ3n) is 8.46. The van der Waals surface area contributed by atoms with Gasteiger partial charge in [0.25, 0.3) is 0 Å². The number of nitrogens with zero attached hydrogens (tertiary/aromatic N) is 1. The molecule has 4 rings (SSSR count). The van der Waals surface area contributed by atoms with Crippen LogP contribution in [0.2, 0.25) is 0 Å². The van der Waals surface area contributed by atoms with Gasteiger partial charge in [0.15, 0.2) is 0 Å². The van der Waals surface area contributed by atoms with Gasteiger partial charge < -0.3 is 10.0 Å². The van der Waals surface area contributed by atoms with Gasteiger partial charge in [0, 0.05) is 18.5 Å². The van der Waals surface area contributed by atoms with Gasteiger partial charge in [-0.1, -0.05) is 20.3 Å². The van der Waals surface area contributed by atoms with E-state index in [4.69, 9.17) is 0 Å². The third kappa shape index (κ3) is 1.75. The first-order valence-corrected chi connectivity index (χ1v) is 9.31. The molecule has 0 bridgehead atoms. The highest BCUT2D eigenvalue weighted by atomic mass is 16.3. The predicted molar refractivity (Wildman–Crippen MR) is 86.2 cm³/mol. The molecule has 124 valence electrons. The SMILES string of the molecule is CN1C(=O)CC(O)[C@@]2(C)C1CC[C@@H]1[C@H]2CC[C@]2(C)CCC[C@@H]12. The fourth-order valence-electron chi connectivity index (χ4n) is 7.15. The maximum Gasteiger partial charge on any atom is 0.225 e. The number of aliphatic hydroxyl groups is 1. The summed E-state index contributed by atoms with van der Waals surface area (Å²) in [6.07, 6.45) is 9.00. The summed E-state index contributed by atoms with van der Waals surface area (Å²) in [6, 6.07) is 0.246. The number of carbonyl (C=O) groups excluding carboxylic acids is 1. The van der Waals surface area contributed by atoms with Crippen molar-refractivity contribution in [1.82, 2.24) is 4.90 Å². The molecule has 0 aromatic rings. The summed E-state index contributed by atoms with van der Waals surface area (Å²) >= 11 is 0. The Morgan fingerprint density at radius 3 is 2.64 bits per heavy atom. The average molecular weight is 305 g/mol. The Morgan fingerprint density at radius 2 is 1.86 bits per heavy atom. The Kier molecular flexibility index (Phi) is 3.21. The number of likely N-dealkylation sites (tertiary alicyclic amines) is 1. The molecule has 1 amide bonds. The molecule has 3 aliphatic carbocycles. The molecule has 3 heteroatoms. The first-order chi connectivity index (χ1) is 10.4. The second-order valence-corrected chi connectivity index (χ2v) is 9.15. The minimum atomic E-state index is -0.445. The Balaban J connectivity index is 1.69. The number of piperidine rings is 1. The Labute approximate surface area is 134 Å². The monoisotopic (exact) mass is 305 g/mol. The van der Waals surface area contributed by atoms with E-state index in [1.807, 2.05) is 11.9 Å². The van der Waals surface area contributed by atoms with Crippen LogP contribution in [0, 0.1) is 28.6 Å². The predicted octanol–water partition coefficient (Wildman–Crippen LogP) is 3.21. The van der Waals surface area contributed by atoms with Crippen LogP contribution in [-0.4, -0.2) is 35.1 Å². The van der Waals surface area contributed by atoms with Gasteiger partial charge in [-0.05, 0) is 61.7 Å². The number of aliphatic hydroxyl groups excluding tert-OH is 1. The van der Waals surface area contributed by atoms with Crippen molar-refractivity contribution in [3.05, 3.63) is 0 Å². The van der Waals surface area contributed by atoms with Crippen molar-refractivity contribution in [3.63, 3.8) is 0 Å². The van der Waals surface area contributed by atoms with E-state index in [0.717, 1.165) is 18.3 Å². The van der Waals surface area contributed by atoms with E-state index in [1.165, 1.54) is 38.5 Å². The second-order valence-electron chi connectivity index (χ2n) is 9.15. The van der Waals surface area contributed by atoms with Crippen LogP contribution in [0.25, 0.3) is 0 Å². The van der Waals surface area contributed by atoms with Gasteiger partial charge in [0.1, 0.15) is 0 Å². The van der Waals surface area contributed by atoms with E-state index in [9.17, 15) is 9.90 Å². The standard InChI is InChI=1S/C19H31NO2/c1-18-9-4-5-13(18)12-6-7-15-19(2,14(12)8-10-18)16(21)11-17(22)20(15)3/h12-16,21H,4-11H2,1-3H3/t12-,13-,14+,15?,16?,18-,19+/m0/s1. The summed E-state index contributed by atoms with van der Waals surface area (Å²) in [5.74, 6) is 2.38. The van der Waals surface area contributed by atoms with Crippen molar-refractivity contribution in [3.8, 4) is 0 Å². The molecule has 1 N–H and O–H groups in total. The summed E-state index contributed by atoms with van der Waals surface area (Å²) in [5, 5.41) is 10.8. The van der Waals surface area contributed by atoms with Crippen molar-refractivity contribution in [2.24, 2.45) is 28.6 Å². The fraction of sp³-hybridized carbons (Fsp3) is 0.947. The molecule has 1 heterocycles. The van der Waals surface area contributed by atoms with Crippen LogP contribution in [-0.2, 0) is 4.79 Å². The minimum absolute atomic E-state index is 0.0878. The van der Waals surface area contributed by atoms with E-state index >= 15 is 0 Å². The van der Waals surface area contributed by atoms with Crippen LogP contribution in [0.4, 0.5) is 0 Å². The summed E-state index contributed by atoms with van der Waals surface area (Å²) < 4.78 is 0. The van der Waals surface area contributed by atoms with E-state index < -0.39 is 6.10 Å². The van der Waals surface area contributed by atoms with Crippen LogP contribution in [0.3, 0.4) is 0 Å². The summed E-state index contributed by atoms with van der Waals surface area (Å²) in [5.41, 5.74) is 0.473. The van der Waals surface area contributed by atoms with Gasteiger partial charge in [-0.25, -0.2) is 0 Å². The van der Waals surface area contributed by atoms with Crippen molar-refractivity contribution in [2.45, 2.75) is 77.4 Å². The molecule has 22 heavy (non-hydrogen) atoms. The lowest BCUT2D eigenvalue weighted by Gasteiger charge is -2.62. The molecule has 4 fully saturated rings. The Morgan fingerprint density at radius 1 is 1.09 bits per heavy atom. The largest absolute Gasteiger partial charge is 0.392 e. The normalized spacial score (nSPS) is 54.6. The third-order valence-corrected chi connectivity index (χ3v) is 8.46. The lowest BCUT2D eigenvalue weighted by molar-refractivity contribution is -0.184. The van der Waals surface area contributed by atoms with Gasteiger partial charge in [-0.3, -0.25) is 4.79 Å². The lowest BCUT2D eigenvalue weighted by atomic mass is 9.47. The molecule has 3 saturated carbocycles. The van der Waals surface area contributed by atoms with Gasteiger partial charge in [0.05, 0.1) is 12.5 Å². The van der Waals surface area contributed by atoms with E-state index in [1.54, 1.807) is 0 Å². The zero-order chi connectivity index (χ0) is 15.7. The first kappa shape index (κ1) is 15.0. The molecular formula is C19H31NO2. The fourth-order valence-corrected chi connectivity index (χ4v) is 7.15. The molecular weight excluding hydrogens is 274 g/mol. The molecule has 7 atom stereocenters. The topological polar surface area (TPSA) is 40.5 Å². The molecule has 0 spiro atoms. The molecule has 0 radical (unpaired) electrons. The summed E-state index contributed by atoms with van der Waals surface area (Å²) in [4.78, 5) is 14.1. The number of rotatable bonds is 0. The van der Waals surface area contributed by atoms with E-state index in [-0.39, 0.29) is 17.4 Å². The van der Waals surface area contributed by atoms with E-state index in [2.05, 4.69) is 13.8 Å². The number of carbonyl (C=O) groups is 1. The van der Waals surface area contributed by atoms with Crippen LogP contribution < -0.4 is 0 Å². The van der Waals surface area contributed by atoms with Gasteiger partial charge in [-0.2, -0.15) is 0 Å². The maximum atomic E-state index is 12.2. The smallest absolute Gasteiger partial charge is 0.225 e. The number of hydrogen-bond acceptors (Lipinski definition) is 2. The zero-order valence-corrected chi connectivity index (χ0v) is 14.3. The highest BCUT2D eigenvalue weighted by Gasteiger charge is 2.61.